The molecule has 3 fully saturated rings. The minimum atomic E-state index is -1.22. The molecule has 0 saturated heterocycles. The Hall–Kier alpha value is -4.68. The lowest BCUT2D eigenvalue weighted by Gasteiger charge is -2.58. The molecule has 4 aliphatic rings. The maximum absolute atomic E-state index is 13.5. The average Bonchev–Trinajstić information content (AvgIpc) is 3.30. The zero-order valence-corrected chi connectivity index (χ0v) is 28.7. The van der Waals surface area contributed by atoms with Crippen LogP contribution in [0, 0.1) is 70.8 Å². The fraction of sp³-hybridized carbons (Fsp3) is 0.750. The molecule has 0 bridgehead atoms. The minimum Gasteiger partial charge on any atom is -0.481 e. The van der Waals surface area contributed by atoms with E-state index >= 15 is 0 Å². The van der Waals surface area contributed by atoms with Gasteiger partial charge in [-0.25, -0.2) is 0 Å². The number of allylic oxidation sites excluding steroid dienone is 4. The Labute approximate surface area is 292 Å². The third kappa shape index (κ3) is 10.4. The molecule has 284 valence electrons. The van der Waals surface area contributed by atoms with Crippen LogP contribution in [0.3, 0.4) is 0 Å². The molecule has 51 heavy (non-hydrogen) atoms. The van der Waals surface area contributed by atoms with E-state index < -0.39 is 63.5 Å². The van der Waals surface area contributed by atoms with Gasteiger partial charge in [-0.05, 0) is 80.3 Å². The molecule has 0 spiro atoms. The number of ether oxygens (including phenoxy) is 1. The van der Waals surface area contributed by atoms with Crippen LogP contribution in [0.25, 0.3) is 0 Å². The zero-order chi connectivity index (χ0) is 38.1. The van der Waals surface area contributed by atoms with Gasteiger partial charge in [-0.1, -0.05) is 32.4 Å². The van der Waals surface area contributed by atoms with Crippen LogP contribution in [0.4, 0.5) is 0 Å². The number of hydrogen-bond donors (Lipinski definition) is 2. The first-order valence-corrected chi connectivity index (χ1v) is 16.8. The average molecular weight is 728 g/mol. The van der Waals surface area contributed by atoms with Crippen LogP contribution in [-0.4, -0.2) is 81.0 Å². The number of ketones is 2. The lowest BCUT2D eigenvalue weighted by molar-refractivity contribution is -0.790. The minimum absolute atomic E-state index is 0.0191. The van der Waals surface area contributed by atoms with E-state index in [-0.39, 0.29) is 79.9 Å². The third-order valence-electron chi connectivity index (χ3n) is 10.8. The van der Waals surface area contributed by atoms with E-state index in [1.165, 1.54) is 0 Å². The van der Waals surface area contributed by atoms with Crippen molar-refractivity contribution in [3.63, 3.8) is 0 Å². The Morgan fingerprint density at radius 3 is 2.35 bits per heavy atom. The van der Waals surface area contributed by atoms with E-state index in [1.54, 1.807) is 12.2 Å². The van der Waals surface area contributed by atoms with Crippen LogP contribution in [-0.2, 0) is 38.4 Å². The number of aliphatic carboxylic acids is 1. The second kappa shape index (κ2) is 17.5. The normalized spacial score (nSPS) is 30.8. The molecule has 19 heteroatoms. The summed E-state index contributed by atoms with van der Waals surface area (Å²) in [5.41, 5.74) is 0.220. The van der Waals surface area contributed by atoms with E-state index in [2.05, 4.69) is 28.4 Å². The monoisotopic (exact) mass is 727 g/mol. The van der Waals surface area contributed by atoms with Crippen LogP contribution in [0.2, 0.25) is 0 Å². The van der Waals surface area contributed by atoms with Crippen LogP contribution < -0.4 is 0 Å². The van der Waals surface area contributed by atoms with Crippen molar-refractivity contribution in [2.45, 2.75) is 90.8 Å². The lowest BCUT2D eigenvalue weighted by Crippen LogP contribution is -2.56. The van der Waals surface area contributed by atoms with Gasteiger partial charge in [-0.3, -0.25) is 19.2 Å². The van der Waals surface area contributed by atoms with Gasteiger partial charge in [-0.2, -0.15) is 0 Å². The first-order chi connectivity index (χ1) is 23.9. The Balaban J connectivity index is 0.000000612. The molecule has 0 aromatic heterocycles. The maximum atomic E-state index is 13.5. The molecule has 0 amide bonds. The smallest absolute Gasteiger partial charge is 0.306 e. The first-order valence-electron chi connectivity index (χ1n) is 16.8. The summed E-state index contributed by atoms with van der Waals surface area (Å²) < 4.78 is 5.27. The summed E-state index contributed by atoms with van der Waals surface area (Å²) in [6.45, 7) is 4.99. The van der Waals surface area contributed by atoms with Gasteiger partial charge < -0.3 is 29.5 Å². The highest BCUT2D eigenvalue weighted by molar-refractivity contribution is 6.01. The number of hydrogen-bond acceptors (Lipinski definition) is 15. The van der Waals surface area contributed by atoms with E-state index in [1.807, 2.05) is 13.0 Å². The van der Waals surface area contributed by atoms with Crippen LogP contribution in [0.5, 0.6) is 0 Å². The highest BCUT2D eigenvalue weighted by atomic mass is 17.0. The molecule has 19 nitrogen and oxygen atoms in total. The van der Waals surface area contributed by atoms with Gasteiger partial charge in [0.25, 0.3) is 15.3 Å². The molecule has 0 aliphatic heterocycles. The molecule has 9 atom stereocenters. The van der Waals surface area contributed by atoms with Gasteiger partial charge in [0.15, 0.2) is 11.6 Å². The fourth-order valence-electron chi connectivity index (χ4n) is 8.96. The fourth-order valence-corrected chi connectivity index (χ4v) is 8.96. The molecule has 2 N–H and O–H groups in total. The Kier molecular flexibility index (Phi) is 14.0. The Morgan fingerprint density at radius 2 is 1.73 bits per heavy atom. The number of carbonyl (C=O) groups excluding carboxylic acids is 3. The highest BCUT2D eigenvalue weighted by Crippen LogP contribution is 2.67. The number of nitrogens with zero attached hydrogens (tertiary/aromatic N) is 3. The van der Waals surface area contributed by atoms with Gasteiger partial charge in [0.1, 0.15) is 19.3 Å². The number of Topliss-reactive ketones (excluding diaryl/α,β-unsaturated/α-hetero) is 1. The number of aliphatic hydroxyl groups is 1. The van der Waals surface area contributed by atoms with Gasteiger partial charge in [0.2, 0.25) is 0 Å². The summed E-state index contributed by atoms with van der Waals surface area (Å²) in [4.78, 5) is 90.4. The number of aliphatic hydroxyl groups excluding tert-OH is 1. The largest absolute Gasteiger partial charge is 0.481 e. The van der Waals surface area contributed by atoms with Gasteiger partial charge in [0, 0.05) is 30.1 Å². The Bertz CT molecular complexity index is 1400. The van der Waals surface area contributed by atoms with E-state index in [4.69, 9.17) is 9.84 Å². The molecule has 0 radical (unpaired) electrons. The summed E-state index contributed by atoms with van der Waals surface area (Å²) in [5, 5.41) is 46.9. The first kappa shape index (κ1) is 40.7. The SMILES string of the molecule is CC1CC2C3CCC4=CC(=O)C=CC4(C)C3C(O)CC2(C)C1C(=O)COC(=O)CCCC(CO[N+](=O)[O-])O[N+](=O)[O-].O=C(O)CCCO[N+](=O)[O-]. The van der Waals surface area contributed by atoms with Crippen molar-refractivity contribution in [1.29, 1.82) is 0 Å². The van der Waals surface area contributed by atoms with Crippen LogP contribution in [0.15, 0.2) is 23.8 Å². The van der Waals surface area contributed by atoms with Crippen LogP contribution >= 0.6 is 0 Å². The topological polar surface area (TPSA) is 275 Å². The van der Waals surface area contributed by atoms with E-state index in [0.717, 1.165) is 24.8 Å². The number of carboxylic acids is 1. The lowest BCUT2D eigenvalue weighted by atomic mass is 9.46. The molecule has 9 unspecified atom stereocenters. The zero-order valence-electron chi connectivity index (χ0n) is 28.7. The van der Waals surface area contributed by atoms with E-state index in [0.29, 0.717) is 6.42 Å². The number of carboxylic acid groups (broad SMARTS) is 1. The molecule has 3 saturated carbocycles. The molecular formula is C32H45N3O16. The highest BCUT2D eigenvalue weighted by Gasteiger charge is 2.64. The van der Waals surface area contributed by atoms with Gasteiger partial charge in [0.05, 0.1) is 12.7 Å². The standard InChI is InChI=1S/C28H38N2O11.C4H7NO5/c1-16-11-21-20-8-7-17-12-18(31)9-10-27(17,2)26(20)22(32)13-28(21,3)25(16)23(33)15-39-24(34)6-4-5-19(41-30(37)38)14-40-29(35)36;6-4(7)2-1-3-10-5(8)9/h9-10,12,16,19-22,25-26,32H,4-8,11,13-15H2,1-3H3;1-3H2,(H,6,7). The summed E-state index contributed by atoms with van der Waals surface area (Å²) >= 11 is 0. The summed E-state index contributed by atoms with van der Waals surface area (Å²) in [6, 6.07) is 0. The molecular weight excluding hydrogens is 682 g/mol. The number of carbonyl (C=O) groups is 4. The number of rotatable bonds is 17. The predicted octanol–water partition coefficient (Wildman–Crippen LogP) is 3.25. The molecule has 0 heterocycles. The van der Waals surface area contributed by atoms with Crippen molar-refractivity contribution in [1.82, 2.24) is 0 Å². The maximum Gasteiger partial charge on any atom is 0.306 e. The van der Waals surface area contributed by atoms with Crippen molar-refractivity contribution in [3.05, 3.63) is 54.1 Å². The van der Waals surface area contributed by atoms with Gasteiger partial charge >= 0.3 is 11.9 Å². The van der Waals surface area contributed by atoms with Gasteiger partial charge in [-0.15, -0.1) is 30.3 Å². The summed E-state index contributed by atoms with van der Waals surface area (Å²) in [6.07, 6.45) is 6.22. The van der Waals surface area contributed by atoms with Crippen molar-refractivity contribution in [3.8, 4) is 0 Å². The van der Waals surface area contributed by atoms with Crippen molar-refractivity contribution >= 4 is 23.5 Å². The van der Waals surface area contributed by atoms with Crippen molar-refractivity contribution < 1.29 is 63.9 Å². The summed E-state index contributed by atoms with van der Waals surface area (Å²) in [5.74, 6) is -1.84. The van der Waals surface area contributed by atoms with Crippen molar-refractivity contribution in [2.24, 2.45) is 40.4 Å². The van der Waals surface area contributed by atoms with Crippen LogP contribution in [0.1, 0.15) is 78.6 Å². The molecule has 4 rings (SSSR count). The Morgan fingerprint density at radius 1 is 1.04 bits per heavy atom. The molecule has 0 aromatic rings. The number of fused-ring (bicyclic) bond motifs is 5. The quantitative estimate of drug-likeness (QED) is 0.0941. The predicted molar refractivity (Wildman–Crippen MR) is 170 cm³/mol. The number of esters is 1. The van der Waals surface area contributed by atoms with E-state index in [9.17, 15) is 54.6 Å². The molecule has 0 aromatic carbocycles. The van der Waals surface area contributed by atoms with Crippen molar-refractivity contribution in [2.75, 3.05) is 19.8 Å². The second-order valence-electron chi connectivity index (χ2n) is 14.0. The third-order valence-corrected chi connectivity index (χ3v) is 10.8. The second-order valence-corrected chi connectivity index (χ2v) is 14.0. The summed E-state index contributed by atoms with van der Waals surface area (Å²) in [7, 11) is 0. The molecule has 4 aliphatic carbocycles.